The Labute approximate surface area is 115 Å². The number of cyclic esters (lactones) is 1. The Hall–Kier alpha value is -2.08. The molecule has 106 valence electrons. The van der Waals surface area contributed by atoms with E-state index in [9.17, 15) is 9.90 Å². The lowest BCUT2D eigenvalue weighted by Crippen LogP contribution is -2.31. The molecule has 3 rings (SSSR count). The number of rotatable bonds is 3. The van der Waals surface area contributed by atoms with Crippen molar-refractivity contribution in [3.63, 3.8) is 0 Å². The van der Waals surface area contributed by atoms with Gasteiger partial charge in [-0.1, -0.05) is 5.16 Å². The molecule has 1 saturated heterocycles. The number of benzene rings is 1. The van der Waals surface area contributed by atoms with Crippen molar-refractivity contribution < 1.29 is 23.9 Å². The van der Waals surface area contributed by atoms with E-state index in [-0.39, 0.29) is 30.2 Å². The molecule has 2 atom stereocenters. The number of hydrogen-bond acceptors (Lipinski definition) is 6. The maximum Gasteiger partial charge on any atom is 0.306 e. The van der Waals surface area contributed by atoms with Crippen LogP contribution >= 0.6 is 0 Å². The molecule has 1 aliphatic rings. The number of fused-ring (bicyclic) bond motifs is 1. The first kappa shape index (κ1) is 12.9. The lowest BCUT2D eigenvalue weighted by atomic mass is 9.90. The van der Waals surface area contributed by atoms with Crippen molar-refractivity contribution in [3.8, 4) is 5.75 Å². The Bertz CT molecular complexity index is 636. The number of aromatic hydroxyl groups is 1. The maximum atomic E-state index is 11.7. The third-order valence-corrected chi connectivity index (χ3v) is 3.48. The monoisotopic (exact) mass is 277 g/mol. The highest BCUT2D eigenvalue weighted by Gasteiger charge is 2.32. The average molecular weight is 277 g/mol. The van der Waals surface area contributed by atoms with Crippen LogP contribution in [-0.4, -0.2) is 36.1 Å². The van der Waals surface area contributed by atoms with E-state index in [1.807, 2.05) is 0 Å². The molecule has 1 aliphatic heterocycles. The molecule has 2 heterocycles. The average Bonchev–Trinajstić information content (AvgIpc) is 2.81. The largest absolute Gasteiger partial charge is 0.508 e. The zero-order chi connectivity index (χ0) is 14.1. The number of methoxy groups -OCH3 is 1. The number of carbonyl (C=O) groups is 1. The molecule has 0 radical (unpaired) electrons. The number of hydrogen-bond donors (Lipinski definition) is 1. The van der Waals surface area contributed by atoms with Gasteiger partial charge < -0.3 is 19.1 Å². The van der Waals surface area contributed by atoms with Crippen molar-refractivity contribution in [1.29, 1.82) is 0 Å². The predicted molar refractivity (Wildman–Crippen MR) is 69.4 cm³/mol. The molecule has 20 heavy (non-hydrogen) atoms. The Balaban J connectivity index is 1.91. The molecule has 2 unspecified atom stereocenters. The third kappa shape index (κ3) is 2.34. The Morgan fingerprint density at radius 2 is 2.35 bits per heavy atom. The first-order valence-corrected chi connectivity index (χ1v) is 6.44. The predicted octanol–water partition coefficient (Wildman–Crippen LogP) is 1.97. The summed E-state index contributed by atoms with van der Waals surface area (Å²) in [5.74, 6) is -0.180. The molecule has 0 bridgehead atoms. The van der Waals surface area contributed by atoms with Gasteiger partial charge in [-0.05, 0) is 18.6 Å². The highest BCUT2D eigenvalue weighted by atomic mass is 16.6. The number of esters is 1. The number of ether oxygens (including phenoxy) is 2. The summed E-state index contributed by atoms with van der Waals surface area (Å²) in [6.07, 6.45) is 0.681. The van der Waals surface area contributed by atoms with Crippen molar-refractivity contribution >= 4 is 16.9 Å². The van der Waals surface area contributed by atoms with Crippen LogP contribution in [0.25, 0.3) is 11.0 Å². The molecule has 6 heteroatoms. The van der Waals surface area contributed by atoms with Crippen molar-refractivity contribution in [2.24, 2.45) is 0 Å². The second kappa shape index (κ2) is 5.13. The van der Waals surface area contributed by atoms with Gasteiger partial charge in [0.15, 0.2) is 5.58 Å². The van der Waals surface area contributed by atoms with Crippen LogP contribution in [0, 0.1) is 0 Å². The molecule has 0 spiro atoms. The SMILES string of the molecule is COCC1CC(c2noc3cc(O)ccc23)CC(=O)O1. The van der Waals surface area contributed by atoms with E-state index < -0.39 is 0 Å². The van der Waals surface area contributed by atoms with Gasteiger partial charge in [-0.25, -0.2) is 0 Å². The fourth-order valence-electron chi connectivity index (χ4n) is 2.62. The summed E-state index contributed by atoms with van der Waals surface area (Å²) in [7, 11) is 1.58. The quantitative estimate of drug-likeness (QED) is 0.864. The van der Waals surface area contributed by atoms with Crippen molar-refractivity contribution in [3.05, 3.63) is 23.9 Å². The summed E-state index contributed by atoms with van der Waals surface area (Å²) in [6.45, 7) is 0.374. The zero-order valence-corrected chi connectivity index (χ0v) is 11.0. The van der Waals surface area contributed by atoms with Crippen LogP contribution in [0.5, 0.6) is 5.75 Å². The standard InChI is InChI=1S/C14H15NO5/c1-18-7-10-4-8(5-13(17)19-10)14-11-3-2-9(16)6-12(11)20-15-14/h2-3,6,8,10,16H,4-5,7H2,1H3. The van der Waals surface area contributed by atoms with E-state index in [0.29, 0.717) is 18.6 Å². The first-order chi connectivity index (χ1) is 9.67. The van der Waals surface area contributed by atoms with Crippen LogP contribution in [0.3, 0.4) is 0 Å². The third-order valence-electron chi connectivity index (χ3n) is 3.48. The number of carbonyl (C=O) groups excluding carboxylic acids is 1. The van der Waals surface area contributed by atoms with Gasteiger partial charge in [0, 0.05) is 24.5 Å². The molecule has 0 amide bonds. The Kier molecular flexibility index (Phi) is 3.31. The molecule has 0 aliphatic carbocycles. The minimum Gasteiger partial charge on any atom is -0.508 e. The van der Waals surface area contributed by atoms with E-state index >= 15 is 0 Å². The van der Waals surface area contributed by atoms with E-state index in [2.05, 4.69) is 5.16 Å². The molecule has 1 fully saturated rings. The van der Waals surface area contributed by atoms with E-state index in [4.69, 9.17) is 14.0 Å². The fraction of sp³-hybridized carbons (Fsp3) is 0.429. The van der Waals surface area contributed by atoms with E-state index in [0.717, 1.165) is 11.1 Å². The van der Waals surface area contributed by atoms with Crippen molar-refractivity contribution in [1.82, 2.24) is 5.16 Å². The molecule has 1 N–H and O–H groups in total. The minimum absolute atomic E-state index is 0.0535. The number of phenols is 1. The van der Waals surface area contributed by atoms with Crippen molar-refractivity contribution in [2.75, 3.05) is 13.7 Å². The normalized spacial score (nSPS) is 22.9. The Morgan fingerprint density at radius 3 is 3.15 bits per heavy atom. The summed E-state index contributed by atoms with van der Waals surface area (Å²) in [5.41, 5.74) is 1.25. The topological polar surface area (TPSA) is 81.8 Å². The molecule has 1 aromatic heterocycles. The van der Waals surface area contributed by atoms with Crippen molar-refractivity contribution in [2.45, 2.75) is 24.9 Å². The minimum atomic E-state index is -0.255. The van der Waals surface area contributed by atoms with E-state index in [1.165, 1.54) is 6.07 Å². The summed E-state index contributed by atoms with van der Waals surface area (Å²) < 4.78 is 15.5. The molecular weight excluding hydrogens is 262 g/mol. The van der Waals surface area contributed by atoms with E-state index in [1.54, 1.807) is 19.2 Å². The molecule has 0 saturated carbocycles. The van der Waals surface area contributed by atoms with Gasteiger partial charge in [-0.2, -0.15) is 0 Å². The summed E-state index contributed by atoms with van der Waals surface area (Å²) >= 11 is 0. The van der Waals surface area contributed by atoms with Gasteiger partial charge >= 0.3 is 5.97 Å². The molecule has 6 nitrogen and oxygen atoms in total. The Morgan fingerprint density at radius 1 is 1.50 bits per heavy atom. The molecule has 2 aromatic rings. The van der Waals surface area contributed by atoms with Gasteiger partial charge in [0.2, 0.25) is 0 Å². The highest BCUT2D eigenvalue weighted by molar-refractivity contribution is 5.82. The van der Waals surface area contributed by atoms with Gasteiger partial charge in [-0.15, -0.1) is 0 Å². The van der Waals surface area contributed by atoms with Gasteiger partial charge in [0.25, 0.3) is 0 Å². The number of nitrogens with zero attached hydrogens (tertiary/aromatic N) is 1. The van der Waals surface area contributed by atoms with Gasteiger partial charge in [0.1, 0.15) is 11.9 Å². The maximum absolute atomic E-state index is 11.7. The second-order valence-electron chi connectivity index (χ2n) is 4.95. The van der Waals surface area contributed by atoms with Gasteiger partial charge in [0.05, 0.1) is 18.7 Å². The number of aromatic nitrogens is 1. The van der Waals surface area contributed by atoms with Crippen LogP contribution < -0.4 is 0 Å². The van der Waals surface area contributed by atoms with Crippen LogP contribution in [-0.2, 0) is 14.3 Å². The van der Waals surface area contributed by atoms with Crippen LogP contribution in [0.2, 0.25) is 0 Å². The summed E-state index contributed by atoms with van der Waals surface area (Å²) in [4.78, 5) is 11.7. The van der Waals surface area contributed by atoms with Crippen LogP contribution in [0.1, 0.15) is 24.5 Å². The smallest absolute Gasteiger partial charge is 0.306 e. The molecular formula is C14H15NO5. The second-order valence-corrected chi connectivity index (χ2v) is 4.95. The zero-order valence-electron chi connectivity index (χ0n) is 11.0. The lowest BCUT2D eigenvalue weighted by molar-refractivity contribution is -0.157. The number of phenolic OH excluding ortho intramolecular Hbond substituents is 1. The van der Waals surface area contributed by atoms with Crippen LogP contribution in [0.15, 0.2) is 22.7 Å². The van der Waals surface area contributed by atoms with Crippen LogP contribution in [0.4, 0.5) is 0 Å². The molecule has 1 aromatic carbocycles. The fourth-order valence-corrected chi connectivity index (χ4v) is 2.62. The summed E-state index contributed by atoms with van der Waals surface area (Å²) in [5, 5.41) is 14.3. The lowest BCUT2D eigenvalue weighted by Gasteiger charge is -2.27. The van der Waals surface area contributed by atoms with Gasteiger partial charge in [-0.3, -0.25) is 4.79 Å². The first-order valence-electron chi connectivity index (χ1n) is 6.44. The summed E-state index contributed by atoms with van der Waals surface area (Å²) in [6, 6.07) is 4.85. The highest BCUT2D eigenvalue weighted by Crippen LogP contribution is 2.35.